The molecule has 0 spiro atoms. The van der Waals surface area contributed by atoms with Gasteiger partial charge >= 0.3 is 5.97 Å². The lowest BCUT2D eigenvalue weighted by Gasteiger charge is -2.27. The molecular weight excluding hydrogens is 262 g/mol. The van der Waals surface area contributed by atoms with Gasteiger partial charge in [0.05, 0.1) is 6.42 Å². The van der Waals surface area contributed by atoms with Gasteiger partial charge in [0, 0.05) is 18.8 Å². The van der Waals surface area contributed by atoms with Crippen LogP contribution in [0.2, 0.25) is 0 Å². The lowest BCUT2D eigenvalue weighted by atomic mass is 10.1. The Labute approximate surface area is 125 Å². The summed E-state index contributed by atoms with van der Waals surface area (Å²) >= 11 is 0. The SMILES string of the molecule is Cc1cccc(N(CCC(=O)O)Cc2ccccc2)c1C. The number of aryl methyl sites for hydroxylation is 1. The average molecular weight is 283 g/mol. The van der Waals surface area contributed by atoms with Gasteiger partial charge < -0.3 is 10.0 Å². The summed E-state index contributed by atoms with van der Waals surface area (Å²) in [6.07, 6.45) is 0.139. The summed E-state index contributed by atoms with van der Waals surface area (Å²) in [5.74, 6) is -0.765. The Balaban J connectivity index is 2.27. The monoisotopic (exact) mass is 283 g/mol. The number of carbonyl (C=O) groups is 1. The summed E-state index contributed by atoms with van der Waals surface area (Å²) in [4.78, 5) is 13.1. The van der Waals surface area contributed by atoms with E-state index < -0.39 is 5.97 Å². The van der Waals surface area contributed by atoms with Crippen LogP contribution in [0.1, 0.15) is 23.1 Å². The van der Waals surface area contributed by atoms with Crippen LogP contribution in [0.4, 0.5) is 5.69 Å². The molecule has 0 amide bonds. The van der Waals surface area contributed by atoms with E-state index in [-0.39, 0.29) is 6.42 Å². The molecule has 0 aliphatic heterocycles. The predicted octanol–water partition coefficient (Wildman–Crippen LogP) is 3.78. The summed E-state index contributed by atoms with van der Waals surface area (Å²) in [5.41, 5.74) is 4.73. The lowest BCUT2D eigenvalue weighted by molar-refractivity contribution is -0.136. The quantitative estimate of drug-likeness (QED) is 0.877. The minimum Gasteiger partial charge on any atom is -0.481 e. The van der Waals surface area contributed by atoms with E-state index in [2.05, 4.69) is 43.0 Å². The molecule has 0 saturated heterocycles. The molecule has 2 rings (SSSR count). The zero-order valence-electron chi connectivity index (χ0n) is 12.5. The van der Waals surface area contributed by atoms with E-state index in [1.165, 1.54) is 16.7 Å². The highest BCUT2D eigenvalue weighted by molar-refractivity contribution is 5.68. The molecule has 0 unspecified atom stereocenters. The number of benzene rings is 2. The van der Waals surface area contributed by atoms with Crippen molar-refractivity contribution in [2.45, 2.75) is 26.8 Å². The normalized spacial score (nSPS) is 10.4. The summed E-state index contributed by atoms with van der Waals surface area (Å²) < 4.78 is 0. The molecular formula is C18H21NO2. The Morgan fingerprint density at radius 2 is 1.76 bits per heavy atom. The third kappa shape index (κ3) is 4.09. The van der Waals surface area contributed by atoms with Crippen molar-refractivity contribution in [2.75, 3.05) is 11.4 Å². The molecule has 0 saturated carbocycles. The van der Waals surface area contributed by atoms with Crippen LogP contribution in [0.3, 0.4) is 0 Å². The summed E-state index contributed by atoms with van der Waals surface area (Å²) in [7, 11) is 0. The van der Waals surface area contributed by atoms with Gasteiger partial charge in [0.15, 0.2) is 0 Å². The second kappa shape index (κ2) is 6.93. The maximum atomic E-state index is 10.9. The Hall–Kier alpha value is -2.29. The largest absolute Gasteiger partial charge is 0.481 e. The molecule has 0 fully saturated rings. The van der Waals surface area contributed by atoms with Crippen LogP contribution < -0.4 is 4.90 Å². The van der Waals surface area contributed by atoms with Gasteiger partial charge in [-0.1, -0.05) is 42.5 Å². The number of hydrogen-bond acceptors (Lipinski definition) is 2. The average Bonchev–Trinajstić information content (AvgIpc) is 2.47. The highest BCUT2D eigenvalue weighted by Crippen LogP contribution is 2.24. The summed E-state index contributed by atoms with van der Waals surface area (Å²) in [5, 5.41) is 8.97. The minimum atomic E-state index is -0.765. The maximum absolute atomic E-state index is 10.9. The highest BCUT2D eigenvalue weighted by atomic mass is 16.4. The number of rotatable bonds is 6. The predicted molar refractivity (Wildman–Crippen MR) is 85.7 cm³/mol. The first-order valence-electron chi connectivity index (χ1n) is 7.15. The van der Waals surface area contributed by atoms with E-state index in [1.54, 1.807) is 0 Å². The van der Waals surface area contributed by atoms with Gasteiger partial charge in [-0.25, -0.2) is 0 Å². The van der Waals surface area contributed by atoms with Crippen molar-refractivity contribution in [1.82, 2.24) is 0 Å². The molecule has 3 heteroatoms. The van der Waals surface area contributed by atoms with Crippen molar-refractivity contribution in [3.63, 3.8) is 0 Å². The van der Waals surface area contributed by atoms with Gasteiger partial charge in [-0.2, -0.15) is 0 Å². The second-order valence-electron chi connectivity index (χ2n) is 5.27. The van der Waals surface area contributed by atoms with Gasteiger partial charge in [0.25, 0.3) is 0 Å². The number of nitrogens with zero attached hydrogens (tertiary/aromatic N) is 1. The molecule has 21 heavy (non-hydrogen) atoms. The molecule has 110 valence electrons. The molecule has 0 bridgehead atoms. The zero-order valence-corrected chi connectivity index (χ0v) is 12.5. The van der Waals surface area contributed by atoms with Crippen LogP contribution in [0.15, 0.2) is 48.5 Å². The van der Waals surface area contributed by atoms with Crippen LogP contribution in [-0.2, 0) is 11.3 Å². The molecule has 0 radical (unpaired) electrons. The third-order valence-electron chi connectivity index (χ3n) is 3.73. The first-order valence-corrected chi connectivity index (χ1v) is 7.15. The fourth-order valence-corrected chi connectivity index (χ4v) is 2.40. The highest BCUT2D eigenvalue weighted by Gasteiger charge is 2.12. The molecule has 0 aliphatic rings. The molecule has 0 aliphatic carbocycles. The first kappa shape index (κ1) is 15.1. The van der Waals surface area contributed by atoms with Gasteiger partial charge in [-0.3, -0.25) is 4.79 Å². The Kier molecular flexibility index (Phi) is 4.99. The van der Waals surface area contributed by atoms with Crippen molar-refractivity contribution < 1.29 is 9.90 Å². The Morgan fingerprint density at radius 1 is 1.05 bits per heavy atom. The molecule has 2 aromatic carbocycles. The van der Waals surface area contributed by atoms with Crippen molar-refractivity contribution in [3.05, 3.63) is 65.2 Å². The third-order valence-corrected chi connectivity index (χ3v) is 3.73. The number of carboxylic acid groups (broad SMARTS) is 1. The van der Waals surface area contributed by atoms with E-state index in [1.807, 2.05) is 24.3 Å². The first-order chi connectivity index (χ1) is 10.1. The van der Waals surface area contributed by atoms with Crippen LogP contribution in [0, 0.1) is 13.8 Å². The van der Waals surface area contributed by atoms with Crippen LogP contribution in [-0.4, -0.2) is 17.6 Å². The van der Waals surface area contributed by atoms with Gasteiger partial charge in [-0.05, 0) is 36.6 Å². The van der Waals surface area contributed by atoms with E-state index in [0.29, 0.717) is 6.54 Å². The summed E-state index contributed by atoms with van der Waals surface area (Å²) in [6.45, 7) is 5.40. The van der Waals surface area contributed by atoms with Crippen LogP contribution >= 0.6 is 0 Å². The van der Waals surface area contributed by atoms with Crippen molar-refractivity contribution in [3.8, 4) is 0 Å². The molecule has 0 atom stereocenters. The number of anilines is 1. The van der Waals surface area contributed by atoms with Crippen LogP contribution in [0.25, 0.3) is 0 Å². The van der Waals surface area contributed by atoms with Gasteiger partial charge in [-0.15, -0.1) is 0 Å². The molecule has 2 aromatic rings. The Bertz CT molecular complexity index is 608. The number of hydrogen-bond donors (Lipinski definition) is 1. The Morgan fingerprint density at radius 3 is 2.43 bits per heavy atom. The van der Waals surface area contributed by atoms with Crippen molar-refractivity contribution in [1.29, 1.82) is 0 Å². The molecule has 1 N–H and O–H groups in total. The molecule has 0 heterocycles. The summed E-state index contributed by atoms with van der Waals surface area (Å²) in [6, 6.07) is 16.3. The van der Waals surface area contributed by atoms with E-state index in [0.717, 1.165) is 12.2 Å². The smallest absolute Gasteiger partial charge is 0.305 e. The van der Waals surface area contributed by atoms with Gasteiger partial charge in [0.1, 0.15) is 0 Å². The number of carboxylic acids is 1. The van der Waals surface area contributed by atoms with Crippen LogP contribution in [0.5, 0.6) is 0 Å². The van der Waals surface area contributed by atoms with Crippen molar-refractivity contribution in [2.24, 2.45) is 0 Å². The maximum Gasteiger partial charge on any atom is 0.305 e. The fraction of sp³-hybridized carbons (Fsp3) is 0.278. The topological polar surface area (TPSA) is 40.5 Å². The van der Waals surface area contributed by atoms with Crippen molar-refractivity contribution >= 4 is 11.7 Å². The van der Waals surface area contributed by atoms with E-state index in [9.17, 15) is 4.79 Å². The standard InChI is InChI=1S/C18H21NO2/c1-14-7-6-10-17(15(14)2)19(12-11-18(20)21)13-16-8-4-3-5-9-16/h3-10H,11-13H2,1-2H3,(H,20,21). The fourth-order valence-electron chi connectivity index (χ4n) is 2.40. The van der Waals surface area contributed by atoms with E-state index in [4.69, 9.17) is 5.11 Å². The molecule has 3 nitrogen and oxygen atoms in total. The minimum absolute atomic E-state index is 0.139. The van der Waals surface area contributed by atoms with E-state index >= 15 is 0 Å². The zero-order chi connectivity index (χ0) is 15.2. The van der Waals surface area contributed by atoms with Gasteiger partial charge in [0.2, 0.25) is 0 Å². The lowest BCUT2D eigenvalue weighted by Crippen LogP contribution is -2.26. The second-order valence-corrected chi connectivity index (χ2v) is 5.27. The molecule has 0 aromatic heterocycles. The number of aliphatic carboxylic acids is 1.